The first-order valence-corrected chi connectivity index (χ1v) is 15.5. The average molecular weight is 693 g/mol. The predicted molar refractivity (Wildman–Crippen MR) is 161 cm³/mol. The third-order valence-electron chi connectivity index (χ3n) is 8.83. The Morgan fingerprint density at radius 2 is 2.10 bits per heavy atom. The van der Waals surface area contributed by atoms with Gasteiger partial charge in [-0.1, -0.05) is 6.42 Å². The first-order valence-electron chi connectivity index (χ1n) is 14.4. The Hall–Kier alpha value is -2.90. The fourth-order valence-corrected chi connectivity index (χ4v) is 7.53. The van der Waals surface area contributed by atoms with Crippen LogP contribution < -0.4 is 14.8 Å². The number of nitrogens with one attached hydrogen (secondary N) is 1. The van der Waals surface area contributed by atoms with Crippen molar-refractivity contribution in [3.05, 3.63) is 57.1 Å². The van der Waals surface area contributed by atoms with Crippen molar-refractivity contribution in [2.45, 2.75) is 63.3 Å². The maximum absolute atomic E-state index is 14.0. The van der Waals surface area contributed by atoms with Crippen LogP contribution in [-0.2, 0) is 16.1 Å². The fraction of sp³-hybridized carbons (Fsp3) is 0.516. The van der Waals surface area contributed by atoms with E-state index in [9.17, 15) is 24.6 Å². The molecule has 2 saturated carbocycles. The number of ether oxygens (including phenoxy) is 2. The SMILES string of the molecule is COc1cc(C=O)cc(I)c1O[C@H]1C=C(C(=O)NCCO)C[C@@H](N(Cc2ccoc2)C(=O)CC2CC3CCC2C3)[C@@H]1O. The molecule has 3 unspecified atom stereocenters. The maximum Gasteiger partial charge on any atom is 0.247 e. The Morgan fingerprint density at radius 1 is 1.26 bits per heavy atom. The minimum Gasteiger partial charge on any atom is -0.493 e. The normalized spacial score (nSPS) is 26.4. The van der Waals surface area contributed by atoms with Gasteiger partial charge < -0.3 is 34.3 Å². The Bertz CT molecular complexity index is 1310. The highest BCUT2D eigenvalue weighted by atomic mass is 127. The van der Waals surface area contributed by atoms with Crippen LogP contribution in [0.3, 0.4) is 0 Å². The van der Waals surface area contributed by atoms with Crippen LogP contribution in [0.2, 0.25) is 0 Å². The molecule has 1 aromatic carbocycles. The lowest BCUT2D eigenvalue weighted by Crippen LogP contribution is -2.55. The number of aliphatic hydroxyl groups excluding tert-OH is 2. The Kier molecular flexibility index (Phi) is 9.89. The number of carbonyl (C=O) groups is 3. The van der Waals surface area contributed by atoms with Gasteiger partial charge in [0.2, 0.25) is 11.8 Å². The summed E-state index contributed by atoms with van der Waals surface area (Å²) in [4.78, 5) is 40.2. The van der Waals surface area contributed by atoms with Crippen molar-refractivity contribution >= 4 is 40.7 Å². The number of aldehydes is 1. The molecule has 2 bridgehead atoms. The summed E-state index contributed by atoms with van der Waals surface area (Å²) in [5, 5.41) is 23.7. The lowest BCUT2D eigenvalue weighted by molar-refractivity contribution is -0.141. The van der Waals surface area contributed by atoms with Gasteiger partial charge in [0, 0.05) is 42.6 Å². The Labute approximate surface area is 258 Å². The molecule has 42 heavy (non-hydrogen) atoms. The van der Waals surface area contributed by atoms with Gasteiger partial charge in [0.05, 0.1) is 35.9 Å². The summed E-state index contributed by atoms with van der Waals surface area (Å²) >= 11 is 2.03. The van der Waals surface area contributed by atoms with E-state index in [0.717, 1.165) is 18.4 Å². The molecule has 0 spiro atoms. The molecule has 0 saturated heterocycles. The second-order valence-corrected chi connectivity index (χ2v) is 12.6. The molecular formula is C31H37IN2O8. The highest BCUT2D eigenvalue weighted by molar-refractivity contribution is 14.1. The van der Waals surface area contributed by atoms with E-state index < -0.39 is 24.2 Å². The van der Waals surface area contributed by atoms with Gasteiger partial charge in [-0.15, -0.1) is 0 Å². The van der Waals surface area contributed by atoms with Gasteiger partial charge in [0.25, 0.3) is 0 Å². The Balaban J connectivity index is 1.47. The molecule has 11 heteroatoms. The number of hydrogen-bond donors (Lipinski definition) is 3. The van der Waals surface area contributed by atoms with Gasteiger partial charge in [-0.2, -0.15) is 0 Å². The summed E-state index contributed by atoms with van der Waals surface area (Å²) in [6, 6.07) is 4.20. The van der Waals surface area contributed by atoms with Gasteiger partial charge >= 0.3 is 0 Å². The zero-order chi connectivity index (χ0) is 29.8. The van der Waals surface area contributed by atoms with E-state index in [1.54, 1.807) is 41.7 Å². The zero-order valence-corrected chi connectivity index (χ0v) is 25.7. The van der Waals surface area contributed by atoms with Crippen LogP contribution in [0, 0.1) is 21.3 Å². The molecule has 3 N–H and O–H groups in total. The number of carbonyl (C=O) groups excluding carboxylic acids is 3. The van der Waals surface area contributed by atoms with Crippen LogP contribution >= 0.6 is 22.6 Å². The van der Waals surface area contributed by atoms with E-state index in [2.05, 4.69) is 5.32 Å². The number of aliphatic hydroxyl groups is 2. The van der Waals surface area contributed by atoms with Crippen LogP contribution in [0.5, 0.6) is 11.5 Å². The second kappa shape index (κ2) is 13.6. The van der Waals surface area contributed by atoms with E-state index in [0.29, 0.717) is 56.7 Å². The van der Waals surface area contributed by atoms with Gasteiger partial charge in [0.15, 0.2) is 11.5 Å². The quantitative estimate of drug-likeness (QED) is 0.227. The van der Waals surface area contributed by atoms with Crippen LogP contribution in [0.25, 0.3) is 0 Å². The van der Waals surface area contributed by atoms with Crippen molar-refractivity contribution in [1.29, 1.82) is 0 Å². The molecule has 0 aliphatic heterocycles. The molecule has 2 amide bonds. The van der Waals surface area contributed by atoms with Gasteiger partial charge in [-0.3, -0.25) is 14.4 Å². The van der Waals surface area contributed by atoms with E-state index in [1.165, 1.54) is 20.0 Å². The number of hydrogen-bond acceptors (Lipinski definition) is 8. The number of methoxy groups -OCH3 is 1. The van der Waals surface area contributed by atoms with Gasteiger partial charge in [-0.05, 0) is 83.9 Å². The summed E-state index contributed by atoms with van der Waals surface area (Å²) in [7, 11) is 1.46. The van der Waals surface area contributed by atoms with Crippen LogP contribution in [0.4, 0.5) is 0 Å². The highest BCUT2D eigenvalue weighted by Crippen LogP contribution is 2.50. The topological polar surface area (TPSA) is 139 Å². The number of rotatable bonds is 12. The monoisotopic (exact) mass is 692 g/mol. The molecule has 3 aliphatic carbocycles. The number of furan rings is 1. The average Bonchev–Trinajstić information content (AvgIpc) is 3.76. The minimum absolute atomic E-state index is 0.0652. The predicted octanol–water partition coefficient (Wildman–Crippen LogP) is 3.48. The lowest BCUT2D eigenvalue weighted by Gasteiger charge is -2.41. The summed E-state index contributed by atoms with van der Waals surface area (Å²) in [6.07, 6.45) is 8.34. The second-order valence-electron chi connectivity index (χ2n) is 11.5. The molecule has 10 nitrogen and oxygen atoms in total. The third kappa shape index (κ3) is 6.68. The number of amides is 2. The van der Waals surface area contributed by atoms with Crippen molar-refractivity contribution in [1.82, 2.24) is 10.2 Å². The summed E-state index contributed by atoms with van der Waals surface area (Å²) in [5.74, 6) is 1.72. The molecule has 2 fully saturated rings. The zero-order valence-electron chi connectivity index (χ0n) is 23.5. The van der Waals surface area contributed by atoms with Crippen LogP contribution in [0.1, 0.15) is 54.4 Å². The third-order valence-corrected chi connectivity index (χ3v) is 9.63. The van der Waals surface area contributed by atoms with Crippen molar-refractivity contribution in [3.8, 4) is 11.5 Å². The molecular weight excluding hydrogens is 655 g/mol. The maximum atomic E-state index is 14.0. The van der Waals surface area contributed by atoms with Crippen molar-refractivity contribution in [3.63, 3.8) is 0 Å². The first kappa shape index (κ1) is 30.6. The van der Waals surface area contributed by atoms with Gasteiger partial charge in [-0.25, -0.2) is 0 Å². The summed E-state index contributed by atoms with van der Waals surface area (Å²) in [6.45, 7) is 0.0544. The molecule has 3 aliphatic rings. The molecule has 6 atom stereocenters. The fourth-order valence-electron chi connectivity index (χ4n) is 6.78. The molecule has 226 valence electrons. The van der Waals surface area contributed by atoms with Crippen LogP contribution in [0.15, 0.2) is 46.8 Å². The van der Waals surface area contributed by atoms with Crippen molar-refractivity contribution < 1.29 is 38.5 Å². The smallest absolute Gasteiger partial charge is 0.247 e. The first-order chi connectivity index (χ1) is 20.3. The van der Waals surface area contributed by atoms with E-state index in [4.69, 9.17) is 13.9 Å². The number of halogens is 1. The molecule has 5 rings (SSSR count). The number of nitrogens with zero attached hydrogens (tertiary/aromatic N) is 1. The van der Waals surface area contributed by atoms with E-state index in [1.807, 2.05) is 22.6 Å². The summed E-state index contributed by atoms with van der Waals surface area (Å²) < 4.78 is 17.7. The molecule has 0 radical (unpaired) electrons. The van der Waals surface area contributed by atoms with Gasteiger partial charge in [0.1, 0.15) is 18.5 Å². The Morgan fingerprint density at radius 3 is 2.74 bits per heavy atom. The van der Waals surface area contributed by atoms with Crippen molar-refractivity contribution in [2.24, 2.45) is 17.8 Å². The van der Waals surface area contributed by atoms with E-state index >= 15 is 0 Å². The molecule has 1 aromatic heterocycles. The van der Waals surface area contributed by atoms with Crippen molar-refractivity contribution in [2.75, 3.05) is 20.3 Å². The van der Waals surface area contributed by atoms with Crippen LogP contribution in [-0.4, -0.2) is 71.7 Å². The highest BCUT2D eigenvalue weighted by Gasteiger charge is 2.44. The summed E-state index contributed by atoms with van der Waals surface area (Å²) in [5.41, 5.74) is 1.53. The molecule has 2 aromatic rings. The minimum atomic E-state index is -1.18. The number of benzene rings is 1. The lowest BCUT2D eigenvalue weighted by atomic mass is 9.84. The van der Waals surface area contributed by atoms with E-state index in [-0.39, 0.29) is 32.0 Å². The number of fused-ring (bicyclic) bond motifs is 2. The molecule has 1 heterocycles. The largest absolute Gasteiger partial charge is 0.493 e. The standard InChI is InChI=1S/C31H37IN2O8/c1-40-27-11-20(16-36)10-24(32)30(27)42-26-13-23(31(39)33-5-6-35)12-25(29(26)38)34(15-19-4-7-41-17-19)28(37)14-22-9-18-2-3-21(22)8-18/h4,7,10-11,13,16-18,21-22,25-26,29,35,38H,2-3,5-6,8-9,12,14-15H2,1H3,(H,33,39)/t18?,21?,22?,25-,26+,29+/m1/s1.